The molecule has 1 aliphatic rings. The molecule has 0 aromatic heterocycles. The fourth-order valence-electron chi connectivity index (χ4n) is 1.63. The minimum Gasteiger partial charge on any atom is -0.351 e. The SMILES string of the molecule is CCCOC(CCl)OC1C=CCC1(C)C. The van der Waals surface area contributed by atoms with Gasteiger partial charge in [-0.15, -0.1) is 11.6 Å². The number of rotatable bonds is 6. The van der Waals surface area contributed by atoms with Gasteiger partial charge < -0.3 is 9.47 Å². The molecule has 1 aliphatic carbocycles. The van der Waals surface area contributed by atoms with Gasteiger partial charge in [0.15, 0.2) is 6.29 Å². The van der Waals surface area contributed by atoms with Crippen LogP contribution in [0, 0.1) is 5.41 Å². The maximum Gasteiger partial charge on any atom is 0.171 e. The molecule has 0 bridgehead atoms. The lowest BCUT2D eigenvalue weighted by molar-refractivity contribution is -0.165. The highest BCUT2D eigenvalue weighted by molar-refractivity contribution is 6.18. The van der Waals surface area contributed by atoms with E-state index in [0.29, 0.717) is 12.5 Å². The van der Waals surface area contributed by atoms with Gasteiger partial charge in [-0.3, -0.25) is 0 Å². The van der Waals surface area contributed by atoms with E-state index >= 15 is 0 Å². The van der Waals surface area contributed by atoms with Gasteiger partial charge in [-0.25, -0.2) is 0 Å². The smallest absolute Gasteiger partial charge is 0.171 e. The van der Waals surface area contributed by atoms with Crippen LogP contribution in [-0.2, 0) is 9.47 Å². The van der Waals surface area contributed by atoms with Gasteiger partial charge in [0, 0.05) is 6.61 Å². The van der Waals surface area contributed by atoms with E-state index in [1.54, 1.807) is 0 Å². The van der Waals surface area contributed by atoms with E-state index < -0.39 is 0 Å². The average molecular weight is 233 g/mol. The van der Waals surface area contributed by atoms with Crippen molar-refractivity contribution in [2.75, 3.05) is 12.5 Å². The normalized spacial score (nSPS) is 25.7. The van der Waals surface area contributed by atoms with E-state index in [-0.39, 0.29) is 17.8 Å². The molecule has 1 rings (SSSR count). The zero-order chi connectivity index (χ0) is 11.3. The van der Waals surface area contributed by atoms with Gasteiger partial charge in [0.25, 0.3) is 0 Å². The third kappa shape index (κ3) is 3.78. The molecule has 15 heavy (non-hydrogen) atoms. The van der Waals surface area contributed by atoms with Crippen molar-refractivity contribution in [3.05, 3.63) is 12.2 Å². The van der Waals surface area contributed by atoms with Gasteiger partial charge in [-0.05, 0) is 18.3 Å². The van der Waals surface area contributed by atoms with E-state index in [1.807, 2.05) is 0 Å². The second-order valence-corrected chi connectivity index (χ2v) is 4.94. The minimum atomic E-state index is -0.279. The molecule has 2 unspecified atom stereocenters. The van der Waals surface area contributed by atoms with Crippen LogP contribution in [0.5, 0.6) is 0 Å². The number of ether oxygens (including phenoxy) is 2. The van der Waals surface area contributed by atoms with Gasteiger partial charge in [-0.1, -0.05) is 32.9 Å². The van der Waals surface area contributed by atoms with Crippen LogP contribution >= 0.6 is 11.6 Å². The number of hydrogen-bond acceptors (Lipinski definition) is 2. The van der Waals surface area contributed by atoms with Crippen molar-refractivity contribution in [2.45, 2.75) is 46.0 Å². The quantitative estimate of drug-likeness (QED) is 0.397. The Balaban J connectivity index is 2.40. The van der Waals surface area contributed by atoms with Crippen molar-refractivity contribution in [1.29, 1.82) is 0 Å². The van der Waals surface area contributed by atoms with Crippen molar-refractivity contribution < 1.29 is 9.47 Å². The van der Waals surface area contributed by atoms with Crippen LogP contribution in [0.15, 0.2) is 12.2 Å². The molecule has 2 nitrogen and oxygen atoms in total. The van der Waals surface area contributed by atoms with Crippen molar-refractivity contribution in [1.82, 2.24) is 0 Å². The predicted octanol–water partition coefficient (Wildman–Crippen LogP) is 3.35. The number of halogens is 1. The first-order valence-corrected chi connectivity index (χ1v) is 6.13. The highest BCUT2D eigenvalue weighted by atomic mass is 35.5. The fraction of sp³-hybridized carbons (Fsp3) is 0.833. The minimum absolute atomic E-state index is 0.123. The molecule has 0 saturated heterocycles. The van der Waals surface area contributed by atoms with Crippen molar-refractivity contribution in [2.24, 2.45) is 5.41 Å². The molecular formula is C12H21ClO2. The van der Waals surface area contributed by atoms with Crippen LogP contribution in [0.25, 0.3) is 0 Å². The average Bonchev–Trinajstić information content (AvgIpc) is 2.52. The zero-order valence-corrected chi connectivity index (χ0v) is 10.6. The van der Waals surface area contributed by atoms with Gasteiger partial charge in [0.2, 0.25) is 0 Å². The lowest BCUT2D eigenvalue weighted by Crippen LogP contribution is -2.33. The summed E-state index contributed by atoms with van der Waals surface area (Å²) in [5, 5.41) is 0. The maximum atomic E-state index is 5.84. The molecule has 0 aliphatic heterocycles. The first-order valence-electron chi connectivity index (χ1n) is 5.60. The van der Waals surface area contributed by atoms with E-state index in [1.165, 1.54) is 0 Å². The molecular weight excluding hydrogens is 212 g/mol. The molecule has 0 amide bonds. The molecule has 3 heteroatoms. The van der Waals surface area contributed by atoms with Gasteiger partial charge in [-0.2, -0.15) is 0 Å². The molecule has 0 spiro atoms. The summed E-state index contributed by atoms with van der Waals surface area (Å²) in [5.74, 6) is 0.389. The summed E-state index contributed by atoms with van der Waals surface area (Å²) in [4.78, 5) is 0. The number of allylic oxidation sites excluding steroid dienone is 1. The van der Waals surface area contributed by atoms with Gasteiger partial charge in [0.1, 0.15) is 0 Å². The van der Waals surface area contributed by atoms with Crippen molar-refractivity contribution in [3.63, 3.8) is 0 Å². The maximum absolute atomic E-state index is 5.84. The summed E-state index contributed by atoms with van der Waals surface area (Å²) in [7, 11) is 0. The summed E-state index contributed by atoms with van der Waals surface area (Å²) >= 11 is 5.80. The molecule has 0 aromatic carbocycles. The molecule has 0 N–H and O–H groups in total. The van der Waals surface area contributed by atoms with Crippen molar-refractivity contribution >= 4 is 11.6 Å². The summed E-state index contributed by atoms with van der Waals surface area (Å²) in [6, 6.07) is 0. The Kier molecular flexibility index (Phi) is 5.10. The molecule has 2 atom stereocenters. The Morgan fingerprint density at radius 1 is 1.53 bits per heavy atom. The van der Waals surface area contributed by atoms with Crippen LogP contribution in [0.2, 0.25) is 0 Å². The second kappa shape index (κ2) is 5.88. The first-order chi connectivity index (χ1) is 7.10. The Hall–Kier alpha value is -0.0500. The monoisotopic (exact) mass is 232 g/mol. The Morgan fingerprint density at radius 3 is 2.73 bits per heavy atom. The van der Waals surface area contributed by atoms with Crippen molar-refractivity contribution in [3.8, 4) is 0 Å². The van der Waals surface area contributed by atoms with Crippen LogP contribution < -0.4 is 0 Å². The Morgan fingerprint density at radius 2 is 2.27 bits per heavy atom. The van der Waals surface area contributed by atoms with Gasteiger partial charge in [0.05, 0.1) is 12.0 Å². The summed E-state index contributed by atoms with van der Waals surface area (Å²) in [6.45, 7) is 7.17. The third-order valence-corrected chi connectivity index (χ3v) is 2.91. The van der Waals surface area contributed by atoms with Crippen LogP contribution in [0.4, 0.5) is 0 Å². The van der Waals surface area contributed by atoms with Gasteiger partial charge >= 0.3 is 0 Å². The molecule has 0 radical (unpaired) electrons. The lowest BCUT2D eigenvalue weighted by Gasteiger charge is -2.30. The standard InChI is InChI=1S/C12H21ClO2/c1-4-8-14-11(9-13)15-10-6-5-7-12(10,2)3/h5-6,10-11H,4,7-9H2,1-3H3. The zero-order valence-electron chi connectivity index (χ0n) is 9.83. The number of hydrogen-bond donors (Lipinski definition) is 0. The molecule has 0 saturated carbocycles. The van der Waals surface area contributed by atoms with Crippen LogP contribution in [0.1, 0.15) is 33.6 Å². The summed E-state index contributed by atoms with van der Waals surface area (Å²) in [5.41, 5.74) is 0.167. The second-order valence-electron chi connectivity index (χ2n) is 4.63. The number of alkyl halides is 1. The predicted molar refractivity (Wildman–Crippen MR) is 63.2 cm³/mol. The van der Waals surface area contributed by atoms with E-state index in [9.17, 15) is 0 Å². The van der Waals surface area contributed by atoms with E-state index in [0.717, 1.165) is 12.8 Å². The largest absolute Gasteiger partial charge is 0.351 e. The molecule has 0 aromatic rings. The molecule has 0 fully saturated rings. The highest BCUT2D eigenvalue weighted by Crippen LogP contribution is 2.35. The topological polar surface area (TPSA) is 18.5 Å². The lowest BCUT2D eigenvalue weighted by atomic mass is 9.88. The van der Waals surface area contributed by atoms with E-state index in [4.69, 9.17) is 21.1 Å². The Labute approximate surface area is 97.6 Å². The van der Waals surface area contributed by atoms with Crippen LogP contribution in [-0.4, -0.2) is 24.9 Å². The van der Waals surface area contributed by atoms with E-state index in [2.05, 4.69) is 32.9 Å². The first kappa shape index (κ1) is 13.0. The third-order valence-electron chi connectivity index (χ3n) is 2.66. The van der Waals surface area contributed by atoms with Crippen LogP contribution in [0.3, 0.4) is 0 Å². The molecule has 0 heterocycles. The highest BCUT2D eigenvalue weighted by Gasteiger charge is 2.33. The molecule has 88 valence electrons. The Bertz CT molecular complexity index is 214. The summed E-state index contributed by atoms with van der Waals surface area (Å²) in [6.07, 6.45) is 6.16. The fourth-order valence-corrected chi connectivity index (χ4v) is 1.80. The summed E-state index contributed by atoms with van der Waals surface area (Å²) < 4.78 is 11.3.